The molecule has 4 aromatic rings. The van der Waals surface area contributed by atoms with E-state index in [1.54, 1.807) is 5.56 Å². The third-order valence-electron chi connectivity index (χ3n) is 11.7. The third kappa shape index (κ3) is 2.28. The van der Waals surface area contributed by atoms with Gasteiger partial charge in [-0.2, -0.15) is 0 Å². The van der Waals surface area contributed by atoms with E-state index in [0.717, 1.165) is 0 Å². The monoisotopic (exact) mass is 506 g/mol. The minimum atomic E-state index is -0.0577. The number of rotatable bonds is 0. The van der Waals surface area contributed by atoms with Gasteiger partial charge in [-0.05, 0) is 83.5 Å². The molecule has 0 bridgehead atoms. The molecule has 3 heteroatoms. The predicted molar refractivity (Wildman–Crippen MR) is 165 cm³/mol. The summed E-state index contributed by atoms with van der Waals surface area (Å²) in [7, 11) is 0. The van der Waals surface area contributed by atoms with Crippen molar-refractivity contribution >= 4 is 51.5 Å². The van der Waals surface area contributed by atoms with Crippen LogP contribution < -0.4 is 26.2 Å². The van der Waals surface area contributed by atoms with E-state index < -0.39 is 0 Å². The van der Waals surface area contributed by atoms with Crippen LogP contribution in [-0.4, -0.2) is 12.3 Å². The molecule has 0 N–H and O–H groups in total. The van der Waals surface area contributed by atoms with Crippen LogP contribution in [0, 0.1) is 6.92 Å². The minimum Gasteiger partial charge on any atom is -0.335 e. The fourth-order valence-corrected chi connectivity index (χ4v) is 9.75. The smallest absolute Gasteiger partial charge is 0.252 e. The van der Waals surface area contributed by atoms with Crippen LogP contribution in [0.15, 0.2) is 72.8 Å². The Kier molecular flexibility index (Phi) is 3.91. The first-order valence-electron chi connectivity index (χ1n) is 14.9. The molecule has 4 aromatic carbocycles. The molecule has 4 heterocycles. The standard InChI is InChI=1S/C36H35BN2/c1-22-21-29-31-33-30(22)35(4)19-10-11-20-36(35,5)39(33)28-18-9-7-15-25(28)37(31)26-16-12-14-24-32(26)38(29)27-17-8-6-13-23(27)34(24,2)3/h6-9,12-18,21H,10-11,19-20H2,1-5H3. The van der Waals surface area contributed by atoms with E-state index >= 15 is 0 Å². The van der Waals surface area contributed by atoms with Gasteiger partial charge < -0.3 is 9.80 Å². The summed E-state index contributed by atoms with van der Waals surface area (Å²) in [5.41, 5.74) is 17.7. The Labute approximate surface area is 232 Å². The lowest BCUT2D eigenvalue weighted by Gasteiger charge is -2.53. The zero-order valence-corrected chi connectivity index (χ0v) is 23.7. The number of anilines is 5. The van der Waals surface area contributed by atoms with Gasteiger partial charge in [0.2, 0.25) is 0 Å². The summed E-state index contributed by atoms with van der Waals surface area (Å²) < 4.78 is 0. The Morgan fingerprint density at radius 3 is 2.23 bits per heavy atom. The molecule has 0 aromatic heterocycles. The Hall–Kier alpha value is -3.46. The highest BCUT2D eigenvalue weighted by atomic mass is 15.3. The second-order valence-corrected chi connectivity index (χ2v) is 13.7. The van der Waals surface area contributed by atoms with Gasteiger partial charge in [0.15, 0.2) is 0 Å². The lowest BCUT2D eigenvalue weighted by Crippen LogP contribution is -2.64. The van der Waals surface area contributed by atoms with Crippen molar-refractivity contribution in [3.05, 3.63) is 95.1 Å². The maximum atomic E-state index is 2.83. The van der Waals surface area contributed by atoms with Gasteiger partial charge in [-0.3, -0.25) is 0 Å². The van der Waals surface area contributed by atoms with Crippen molar-refractivity contribution in [3.63, 3.8) is 0 Å². The summed E-state index contributed by atoms with van der Waals surface area (Å²) in [6, 6.07) is 28.2. The number of fused-ring (bicyclic) bond motifs is 10. The maximum absolute atomic E-state index is 2.83. The van der Waals surface area contributed by atoms with Gasteiger partial charge in [-0.15, -0.1) is 0 Å². The molecule has 1 fully saturated rings. The van der Waals surface area contributed by atoms with Crippen molar-refractivity contribution in [1.82, 2.24) is 0 Å². The summed E-state index contributed by atoms with van der Waals surface area (Å²) in [4.78, 5) is 5.47. The number of hydrogen-bond acceptors (Lipinski definition) is 2. The molecule has 192 valence electrons. The van der Waals surface area contributed by atoms with Crippen molar-refractivity contribution in [2.24, 2.45) is 0 Å². The van der Waals surface area contributed by atoms with Gasteiger partial charge >= 0.3 is 0 Å². The summed E-state index contributed by atoms with van der Waals surface area (Å²) >= 11 is 0. The number of nitrogens with zero attached hydrogens (tertiary/aromatic N) is 2. The molecule has 2 atom stereocenters. The van der Waals surface area contributed by atoms with E-state index in [-0.39, 0.29) is 23.1 Å². The van der Waals surface area contributed by atoms with E-state index in [4.69, 9.17) is 0 Å². The normalized spacial score (nSPS) is 25.9. The van der Waals surface area contributed by atoms with E-state index in [9.17, 15) is 0 Å². The maximum Gasteiger partial charge on any atom is 0.252 e. The summed E-state index contributed by atoms with van der Waals surface area (Å²) in [6.07, 6.45) is 5.14. The summed E-state index contributed by atoms with van der Waals surface area (Å²) in [6.45, 7) is 12.6. The number of aryl methyl sites for hydroxylation is 1. The molecule has 4 aliphatic heterocycles. The van der Waals surface area contributed by atoms with Crippen LogP contribution in [0.4, 0.5) is 28.4 Å². The zero-order valence-electron chi connectivity index (χ0n) is 23.7. The van der Waals surface area contributed by atoms with Crippen LogP contribution >= 0.6 is 0 Å². The first-order chi connectivity index (χ1) is 18.8. The summed E-state index contributed by atoms with van der Waals surface area (Å²) in [5.74, 6) is 0. The van der Waals surface area contributed by atoms with Crippen LogP contribution in [0.1, 0.15) is 75.6 Å². The predicted octanol–water partition coefficient (Wildman–Crippen LogP) is 6.99. The van der Waals surface area contributed by atoms with E-state index in [1.165, 1.54) is 87.2 Å². The van der Waals surface area contributed by atoms with E-state index in [1.807, 2.05) is 0 Å². The van der Waals surface area contributed by atoms with Crippen molar-refractivity contribution in [3.8, 4) is 0 Å². The number of benzene rings is 4. The molecule has 0 amide bonds. The van der Waals surface area contributed by atoms with Gasteiger partial charge in [-0.25, -0.2) is 0 Å². The molecular formula is C36H35BN2. The molecule has 0 spiro atoms. The quantitative estimate of drug-likeness (QED) is 0.209. The highest BCUT2D eigenvalue weighted by molar-refractivity contribution is 7.00. The zero-order chi connectivity index (χ0) is 26.5. The van der Waals surface area contributed by atoms with Crippen molar-refractivity contribution in [2.45, 2.75) is 76.7 Å². The third-order valence-corrected chi connectivity index (χ3v) is 11.7. The van der Waals surface area contributed by atoms with Gasteiger partial charge in [0.1, 0.15) is 0 Å². The molecule has 2 unspecified atom stereocenters. The molecule has 39 heavy (non-hydrogen) atoms. The lowest BCUT2D eigenvalue weighted by molar-refractivity contribution is 0.194. The average molecular weight is 507 g/mol. The van der Waals surface area contributed by atoms with Crippen molar-refractivity contribution < 1.29 is 0 Å². The molecule has 1 aliphatic carbocycles. The van der Waals surface area contributed by atoms with Gasteiger partial charge in [0.05, 0.1) is 11.2 Å². The van der Waals surface area contributed by atoms with Crippen LogP contribution in [-0.2, 0) is 10.8 Å². The second kappa shape index (κ2) is 6.81. The Morgan fingerprint density at radius 1 is 0.692 bits per heavy atom. The fourth-order valence-electron chi connectivity index (χ4n) is 9.75. The number of hydrogen-bond donors (Lipinski definition) is 0. The van der Waals surface area contributed by atoms with Crippen LogP contribution in [0.3, 0.4) is 0 Å². The largest absolute Gasteiger partial charge is 0.335 e. The molecule has 0 saturated heterocycles. The van der Waals surface area contributed by atoms with E-state index in [2.05, 4.69) is 117 Å². The second-order valence-electron chi connectivity index (χ2n) is 13.7. The Bertz CT molecular complexity index is 1770. The topological polar surface area (TPSA) is 6.48 Å². The molecule has 5 aliphatic rings. The Balaban J connectivity index is 1.48. The molecule has 0 radical (unpaired) electrons. The average Bonchev–Trinajstić information content (AvgIpc) is 3.16. The first-order valence-corrected chi connectivity index (χ1v) is 14.9. The molecular weight excluding hydrogens is 471 g/mol. The highest BCUT2D eigenvalue weighted by Gasteiger charge is 2.62. The minimum absolute atomic E-state index is 0.0577. The lowest BCUT2D eigenvalue weighted by atomic mass is 9.33. The van der Waals surface area contributed by atoms with E-state index in [0.29, 0.717) is 0 Å². The molecule has 9 rings (SSSR count). The summed E-state index contributed by atoms with van der Waals surface area (Å²) in [5, 5.41) is 0. The fraction of sp³-hybridized carbons (Fsp3) is 0.333. The van der Waals surface area contributed by atoms with Crippen molar-refractivity contribution in [1.29, 1.82) is 0 Å². The van der Waals surface area contributed by atoms with Gasteiger partial charge in [0, 0.05) is 33.6 Å². The van der Waals surface area contributed by atoms with Gasteiger partial charge in [0.25, 0.3) is 6.71 Å². The van der Waals surface area contributed by atoms with Crippen LogP contribution in [0.25, 0.3) is 0 Å². The molecule has 2 nitrogen and oxygen atoms in total. The first kappa shape index (κ1) is 22.4. The highest BCUT2D eigenvalue weighted by Crippen LogP contribution is 2.63. The number of para-hydroxylation sites is 3. The SMILES string of the molecule is Cc1cc2c3c4c1C1(C)CCCCC1(C)N4c1ccccc1B3c1cccc3c1N2c1ccccc1C3(C)C. The molecule has 1 saturated carbocycles. The van der Waals surface area contributed by atoms with Crippen LogP contribution in [0.2, 0.25) is 0 Å². The Morgan fingerprint density at radius 2 is 1.38 bits per heavy atom. The van der Waals surface area contributed by atoms with Crippen molar-refractivity contribution in [2.75, 3.05) is 9.80 Å². The van der Waals surface area contributed by atoms with Crippen LogP contribution in [0.5, 0.6) is 0 Å². The van der Waals surface area contributed by atoms with Gasteiger partial charge in [-0.1, -0.05) is 88.2 Å².